The van der Waals surface area contributed by atoms with Gasteiger partial charge in [-0.3, -0.25) is 0 Å². The number of aromatic nitrogens is 2. The maximum absolute atomic E-state index is 2.77. The Kier molecular flexibility index (Phi) is 12.0. The maximum Gasteiger partial charge on any atom is 0.179 e. The number of nitrogens with zero attached hydrogens (tertiary/aromatic N) is 2. The van der Waals surface area contributed by atoms with Crippen molar-refractivity contribution in [2.45, 2.75) is 6.42 Å². The highest BCUT2D eigenvalue weighted by Gasteiger charge is 2.41. The highest BCUT2D eigenvalue weighted by Crippen LogP contribution is 2.41. The Labute approximate surface area is 490 Å². The van der Waals surface area contributed by atoms with Crippen molar-refractivity contribution >= 4 is 94.0 Å². The average Bonchev–Trinajstić information content (AvgIpc) is 1.65. The summed E-state index contributed by atoms with van der Waals surface area (Å²) in [6.07, 6.45) is 0.890. The van der Waals surface area contributed by atoms with Crippen LogP contribution in [0.2, 0.25) is 0 Å². The Hall–Kier alpha value is -10.6. The SMILES string of the molecule is c1ccc(Cc2cc3ccc(-c4ccc5c(c4)c4cc(-c6ccc7c(c6)c6ccccc6n7-c6ccccc6)ccc4n5-c4cccc(-c5cccc([Si](c6ccccc6)(c6ccccc6)c6ccccc6)c5)c4)cc3c3ccccc23)cc1. The van der Waals surface area contributed by atoms with Crippen LogP contribution in [0.25, 0.3) is 110 Å². The zero-order valence-corrected chi connectivity index (χ0v) is 47.3. The number of hydrogen-bond donors (Lipinski definition) is 0. The second kappa shape index (κ2) is 20.4. The van der Waals surface area contributed by atoms with Gasteiger partial charge in [0.1, 0.15) is 0 Å². The minimum Gasteiger partial charge on any atom is -0.309 e. The van der Waals surface area contributed by atoms with Gasteiger partial charge in [0.25, 0.3) is 0 Å². The Bertz CT molecular complexity index is 5040. The molecule has 0 bridgehead atoms. The van der Waals surface area contributed by atoms with Crippen LogP contribution in [0, 0.1) is 0 Å². The maximum atomic E-state index is 2.49. The van der Waals surface area contributed by atoms with Gasteiger partial charge in [-0.25, -0.2) is 0 Å². The lowest BCUT2D eigenvalue weighted by Gasteiger charge is -2.34. The van der Waals surface area contributed by atoms with Crippen LogP contribution in [0.1, 0.15) is 11.1 Å². The lowest BCUT2D eigenvalue weighted by atomic mass is 9.91. The van der Waals surface area contributed by atoms with E-state index in [1.165, 1.54) is 125 Å². The molecule has 14 aromatic carbocycles. The normalized spacial score (nSPS) is 11.9. The third-order valence-corrected chi connectivity index (χ3v) is 22.4. The van der Waals surface area contributed by atoms with E-state index in [1.54, 1.807) is 0 Å². The molecule has 0 fully saturated rings. The molecule has 0 radical (unpaired) electrons. The Morgan fingerprint density at radius 2 is 0.619 bits per heavy atom. The van der Waals surface area contributed by atoms with Gasteiger partial charge in [0.15, 0.2) is 8.07 Å². The standard InChI is InChI=1S/C81H56N2Si/c1-6-22-56(23-7-1)48-64-49-63-41-40-59(52-74(63)72-37-17-16-36-71(64)72)61-43-46-80-76(54-61)77-55-62(60-42-45-79-75(53-60)73-38-18-19-39-78(73)82(79)65-26-8-2-9-27-65)44-47-81(77)83(80)66-28-20-24-57(50-66)58-25-21-35-70(51-58)84(67-29-10-3-11-30-67,68-31-12-4-13-32-68)69-33-14-5-15-34-69/h1-47,49-55H,48H2. The molecule has 394 valence electrons. The summed E-state index contributed by atoms with van der Waals surface area (Å²) >= 11 is 0. The van der Waals surface area contributed by atoms with Crippen LogP contribution in [0.3, 0.4) is 0 Å². The molecule has 0 saturated heterocycles. The summed E-state index contributed by atoms with van der Waals surface area (Å²) in [5.74, 6) is 0. The van der Waals surface area contributed by atoms with Crippen LogP contribution < -0.4 is 20.7 Å². The fourth-order valence-electron chi connectivity index (χ4n) is 13.8. The van der Waals surface area contributed by atoms with Gasteiger partial charge in [-0.15, -0.1) is 0 Å². The topological polar surface area (TPSA) is 9.86 Å². The summed E-state index contributed by atoms with van der Waals surface area (Å²) in [4.78, 5) is 0. The molecule has 16 rings (SSSR count). The molecule has 0 aliphatic carbocycles. The summed E-state index contributed by atoms with van der Waals surface area (Å²) in [5, 5.41) is 15.5. The molecule has 0 aliphatic rings. The summed E-state index contributed by atoms with van der Waals surface area (Å²) in [7, 11) is -2.77. The van der Waals surface area contributed by atoms with E-state index >= 15 is 0 Å². The molecule has 3 heteroatoms. The van der Waals surface area contributed by atoms with Crippen molar-refractivity contribution in [3.8, 4) is 44.8 Å². The predicted molar refractivity (Wildman–Crippen MR) is 359 cm³/mol. The van der Waals surface area contributed by atoms with E-state index < -0.39 is 8.07 Å². The first kappa shape index (κ1) is 49.2. The van der Waals surface area contributed by atoms with Gasteiger partial charge >= 0.3 is 0 Å². The van der Waals surface area contributed by atoms with Gasteiger partial charge in [0.05, 0.1) is 22.1 Å². The van der Waals surface area contributed by atoms with E-state index in [-0.39, 0.29) is 0 Å². The van der Waals surface area contributed by atoms with Crippen LogP contribution in [-0.4, -0.2) is 17.2 Å². The van der Waals surface area contributed by atoms with Crippen LogP contribution in [0.5, 0.6) is 0 Å². The molecular formula is C81H56N2Si. The summed E-state index contributed by atoms with van der Waals surface area (Å²) < 4.78 is 4.88. The summed E-state index contributed by atoms with van der Waals surface area (Å²) in [6, 6.07) is 122. The predicted octanol–water partition coefficient (Wildman–Crippen LogP) is 18.2. The molecule has 2 aromatic heterocycles. The number of hydrogen-bond acceptors (Lipinski definition) is 0. The van der Waals surface area contributed by atoms with Crippen LogP contribution >= 0.6 is 0 Å². The molecule has 84 heavy (non-hydrogen) atoms. The Morgan fingerprint density at radius 3 is 1.20 bits per heavy atom. The second-order valence-electron chi connectivity index (χ2n) is 22.4. The van der Waals surface area contributed by atoms with Gasteiger partial charge < -0.3 is 9.13 Å². The third-order valence-electron chi connectivity index (χ3n) is 17.7. The molecule has 0 unspecified atom stereocenters. The van der Waals surface area contributed by atoms with Crippen molar-refractivity contribution in [1.82, 2.24) is 9.13 Å². The number of fused-ring (bicyclic) bond motifs is 9. The Balaban J connectivity index is 0.866. The van der Waals surface area contributed by atoms with Crippen molar-refractivity contribution in [3.05, 3.63) is 339 Å². The number of benzene rings is 14. The minimum absolute atomic E-state index is 0.890. The first-order chi connectivity index (χ1) is 41.6. The minimum atomic E-state index is -2.77. The quantitative estimate of drug-likeness (QED) is 0.0694. The average molecular weight is 1090 g/mol. The fraction of sp³-hybridized carbons (Fsp3) is 0.0123. The molecule has 2 nitrogen and oxygen atoms in total. The van der Waals surface area contributed by atoms with Crippen molar-refractivity contribution in [2.75, 3.05) is 0 Å². The van der Waals surface area contributed by atoms with E-state index in [1.807, 2.05) is 0 Å². The monoisotopic (exact) mass is 1080 g/mol. The molecular weight excluding hydrogens is 1030 g/mol. The van der Waals surface area contributed by atoms with Crippen molar-refractivity contribution in [1.29, 1.82) is 0 Å². The molecule has 16 aromatic rings. The number of rotatable bonds is 11. The van der Waals surface area contributed by atoms with Crippen molar-refractivity contribution in [2.24, 2.45) is 0 Å². The van der Waals surface area contributed by atoms with E-state index in [0.29, 0.717) is 0 Å². The highest BCUT2D eigenvalue weighted by atomic mass is 28.3. The van der Waals surface area contributed by atoms with Crippen LogP contribution in [-0.2, 0) is 6.42 Å². The zero-order valence-electron chi connectivity index (χ0n) is 46.3. The first-order valence-corrected chi connectivity index (χ1v) is 31.2. The van der Waals surface area contributed by atoms with Gasteiger partial charge in [-0.2, -0.15) is 0 Å². The van der Waals surface area contributed by atoms with Gasteiger partial charge in [0.2, 0.25) is 0 Å². The van der Waals surface area contributed by atoms with E-state index in [2.05, 4.69) is 337 Å². The molecule has 0 spiro atoms. The molecule has 0 N–H and O–H groups in total. The molecule has 0 amide bonds. The van der Waals surface area contributed by atoms with E-state index in [4.69, 9.17) is 0 Å². The van der Waals surface area contributed by atoms with Gasteiger partial charge in [0, 0.05) is 32.9 Å². The number of para-hydroxylation sites is 2. The molecule has 0 aliphatic heterocycles. The molecule has 0 saturated carbocycles. The van der Waals surface area contributed by atoms with E-state index in [0.717, 1.165) is 23.3 Å². The van der Waals surface area contributed by atoms with Crippen LogP contribution in [0.4, 0.5) is 0 Å². The molecule has 0 atom stereocenters. The summed E-state index contributed by atoms with van der Waals surface area (Å²) in [5.41, 5.74) is 16.8. The smallest absolute Gasteiger partial charge is 0.179 e. The van der Waals surface area contributed by atoms with Crippen molar-refractivity contribution in [3.63, 3.8) is 0 Å². The van der Waals surface area contributed by atoms with Gasteiger partial charge in [-0.05, 0) is 166 Å². The molecule has 2 heterocycles. The third kappa shape index (κ3) is 8.23. The fourth-order valence-corrected chi connectivity index (χ4v) is 18.6. The zero-order chi connectivity index (χ0) is 55.6. The second-order valence-corrected chi connectivity index (χ2v) is 26.2. The summed E-state index contributed by atoms with van der Waals surface area (Å²) in [6.45, 7) is 0. The lowest BCUT2D eigenvalue weighted by molar-refractivity contribution is 1.18. The highest BCUT2D eigenvalue weighted by molar-refractivity contribution is 7.19. The van der Waals surface area contributed by atoms with Crippen molar-refractivity contribution < 1.29 is 0 Å². The lowest BCUT2D eigenvalue weighted by Crippen LogP contribution is -2.74. The van der Waals surface area contributed by atoms with E-state index in [9.17, 15) is 0 Å². The first-order valence-electron chi connectivity index (χ1n) is 29.2. The van der Waals surface area contributed by atoms with Crippen LogP contribution in [0.15, 0.2) is 328 Å². The largest absolute Gasteiger partial charge is 0.309 e. The Morgan fingerprint density at radius 1 is 0.226 bits per heavy atom. The van der Waals surface area contributed by atoms with Gasteiger partial charge in [-0.1, -0.05) is 255 Å².